The molecule has 1 fully saturated rings. The number of nitrogens with two attached hydrogens (primary N) is 1. The molecule has 4 nitrogen and oxygen atoms in total. The fourth-order valence-corrected chi connectivity index (χ4v) is 4.04. The number of benzene rings is 2. The molecule has 0 unspecified atom stereocenters. The van der Waals surface area contributed by atoms with Gasteiger partial charge in [0.15, 0.2) is 5.96 Å². The van der Waals surface area contributed by atoms with Gasteiger partial charge in [-0.3, -0.25) is 4.90 Å². The number of rotatable bonds is 5. The lowest BCUT2D eigenvalue weighted by molar-refractivity contribution is 0.331. The van der Waals surface area contributed by atoms with Crippen LogP contribution < -0.4 is 11.1 Å². The van der Waals surface area contributed by atoms with Crippen LogP contribution in [0.4, 0.5) is 5.69 Å². The second-order valence-corrected chi connectivity index (χ2v) is 7.47. The molecular formula is C22H29IN4. The molecule has 1 aliphatic carbocycles. The molecule has 1 heterocycles. The van der Waals surface area contributed by atoms with Crippen molar-refractivity contribution in [1.29, 1.82) is 0 Å². The van der Waals surface area contributed by atoms with Gasteiger partial charge in [0.2, 0.25) is 0 Å². The summed E-state index contributed by atoms with van der Waals surface area (Å²) in [6.07, 6.45) is 6.29. The molecule has 2 aromatic rings. The van der Waals surface area contributed by atoms with Crippen molar-refractivity contribution in [3.8, 4) is 0 Å². The highest BCUT2D eigenvalue weighted by atomic mass is 127. The molecule has 0 bridgehead atoms. The number of guanidine groups is 1. The van der Waals surface area contributed by atoms with E-state index in [4.69, 9.17) is 5.73 Å². The highest BCUT2D eigenvalue weighted by molar-refractivity contribution is 14.0. The van der Waals surface area contributed by atoms with Gasteiger partial charge < -0.3 is 11.1 Å². The molecular weight excluding hydrogens is 447 g/mol. The zero-order valence-electron chi connectivity index (χ0n) is 15.8. The van der Waals surface area contributed by atoms with E-state index in [1.165, 1.54) is 67.4 Å². The first-order chi connectivity index (χ1) is 12.8. The highest BCUT2D eigenvalue weighted by Crippen LogP contribution is 2.24. The Morgan fingerprint density at radius 3 is 2.59 bits per heavy atom. The number of likely N-dealkylation sites (tertiary alicyclic amines) is 1. The van der Waals surface area contributed by atoms with Crippen molar-refractivity contribution in [2.75, 3.05) is 18.4 Å². The number of hydrogen-bond acceptors (Lipinski definition) is 2. The van der Waals surface area contributed by atoms with Crippen molar-refractivity contribution in [2.45, 2.75) is 45.2 Å². The molecule has 27 heavy (non-hydrogen) atoms. The van der Waals surface area contributed by atoms with Crippen molar-refractivity contribution in [3.05, 3.63) is 64.7 Å². The van der Waals surface area contributed by atoms with Gasteiger partial charge in [-0.05, 0) is 79.6 Å². The van der Waals surface area contributed by atoms with Crippen LogP contribution in [0.1, 0.15) is 41.5 Å². The summed E-state index contributed by atoms with van der Waals surface area (Å²) in [5, 5.41) is 3.23. The quantitative estimate of drug-likeness (QED) is 0.384. The maximum absolute atomic E-state index is 6.10. The van der Waals surface area contributed by atoms with Gasteiger partial charge in [-0.15, -0.1) is 24.0 Å². The number of nitrogens with zero attached hydrogens (tertiary/aromatic N) is 2. The van der Waals surface area contributed by atoms with Gasteiger partial charge in [-0.25, -0.2) is 4.99 Å². The average Bonchev–Trinajstić information content (AvgIpc) is 3.31. The third-order valence-electron chi connectivity index (χ3n) is 5.40. The second kappa shape index (κ2) is 9.55. The zero-order valence-corrected chi connectivity index (χ0v) is 18.1. The molecule has 0 atom stereocenters. The van der Waals surface area contributed by atoms with Crippen molar-refractivity contribution >= 4 is 35.6 Å². The Bertz CT molecular complexity index is 797. The summed E-state index contributed by atoms with van der Waals surface area (Å²) in [5.41, 5.74) is 12.6. The first-order valence-electron chi connectivity index (χ1n) is 9.75. The monoisotopic (exact) mass is 476 g/mol. The fourth-order valence-electron chi connectivity index (χ4n) is 4.04. The smallest absolute Gasteiger partial charge is 0.193 e. The lowest BCUT2D eigenvalue weighted by Gasteiger charge is -2.15. The van der Waals surface area contributed by atoms with Crippen molar-refractivity contribution < 1.29 is 0 Å². The van der Waals surface area contributed by atoms with Crippen LogP contribution in [-0.4, -0.2) is 23.9 Å². The molecule has 0 aromatic heterocycles. The molecule has 2 aliphatic rings. The summed E-state index contributed by atoms with van der Waals surface area (Å²) in [6, 6.07) is 15.2. The van der Waals surface area contributed by atoms with Gasteiger partial charge in [-0.2, -0.15) is 0 Å². The largest absolute Gasteiger partial charge is 0.370 e. The standard InChI is InChI=1S/C22H28N4.HI/c23-22(25-21-10-9-19-7-4-8-20(19)14-21)24-15-17-5-3-6-18(13-17)16-26-11-1-2-12-26;/h3,5-6,9-10,13-14H,1-2,4,7-8,11-12,15-16H2,(H3,23,24,25);1H. The Balaban J connectivity index is 0.00000210. The van der Waals surface area contributed by atoms with Crippen LogP contribution in [0.3, 0.4) is 0 Å². The van der Waals surface area contributed by atoms with Crippen molar-refractivity contribution in [2.24, 2.45) is 10.7 Å². The normalized spacial score (nSPS) is 16.8. The molecule has 0 saturated carbocycles. The first kappa shape index (κ1) is 20.1. The Morgan fingerprint density at radius 1 is 0.963 bits per heavy atom. The summed E-state index contributed by atoms with van der Waals surface area (Å²) in [7, 11) is 0. The van der Waals surface area contributed by atoms with Gasteiger partial charge in [0, 0.05) is 12.2 Å². The maximum Gasteiger partial charge on any atom is 0.193 e. The zero-order chi connectivity index (χ0) is 17.8. The molecule has 0 spiro atoms. The van der Waals surface area contributed by atoms with E-state index in [1.807, 2.05) is 0 Å². The molecule has 0 amide bonds. The summed E-state index contributed by atoms with van der Waals surface area (Å²) in [4.78, 5) is 7.05. The second-order valence-electron chi connectivity index (χ2n) is 7.47. The van der Waals surface area contributed by atoms with Gasteiger partial charge in [0.05, 0.1) is 6.54 Å². The van der Waals surface area contributed by atoms with E-state index in [1.54, 1.807) is 0 Å². The minimum Gasteiger partial charge on any atom is -0.370 e. The molecule has 4 rings (SSSR count). The Morgan fingerprint density at radius 2 is 1.74 bits per heavy atom. The van der Waals surface area contributed by atoms with Crippen molar-refractivity contribution in [3.63, 3.8) is 0 Å². The number of nitrogens with one attached hydrogen (secondary N) is 1. The summed E-state index contributed by atoms with van der Waals surface area (Å²) in [5.74, 6) is 0.480. The van der Waals surface area contributed by atoms with Crippen molar-refractivity contribution in [1.82, 2.24) is 4.90 Å². The SMILES string of the molecule is I.NC(=NCc1cccc(CN2CCCC2)c1)Nc1ccc2c(c1)CCC2. The molecule has 2 aromatic carbocycles. The van der Waals surface area contributed by atoms with E-state index in [2.05, 4.69) is 57.7 Å². The summed E-state index contributed by atoms with van der Waals surface area (Å²) < 4.78 is 0. The minimum atomic E-state index is 0. The van der Waals surface area contributed by atoms with E-state index in [9.17, 15) is 0 Å². The third kappa shape index (κ3) is 5.45. The predicted molar refractivity (Wildman–Crippen MR) is 124 cm³/mol. The summed E-state index contributed by atoms with van der Waals surface area (Å²) in [6.45, 7) is 4.10. The highest BCUT2D eigenvalue weighted by Gasteiger charge is 2.12. The molecule has 3 N–H and O–H groups in total. The minimum absolute atomic E-state index is 0. The van der Waals surface area contributed by atoms with Gasteiger partial charge >= 0.3 is 0 Å². The molecule has 0 radical (unpaired) electrons. The van der Waals surface area contributed by atoms with E-state index >= 15 is 0 Å². The van der Waals surface area contributed by atoms with Gasteiger partial charge in [0.1, 0.15) is 0 Å². The number of aryl methyl sites for hydroxylation is 2. The van der Waals surface area contributed by atoms with E-state index in [-0.39, 0.29) is 24.0 Å². The predicted octanol–water partition coefficient (Wildman–Crippen LogP) is 4.32. The van der Waals surface area contributed by atoms with E-state index < -0.39 is 0 Å². The number of anilines is 1. The molecule has 1 saturated heterocycles. The van der Waals surface area contributed by atoms with Gasteiger partial charge in [0.25, 0.3) is 0 Å². The van der Waals surface area contributed by atoms with Crippen LogP contribution in [0, 0.1) is 0 Å². The van der Waals surface area contributed by atoms with E-state index in [0.717, 1.165) is 12.2 Å². The number of halogens is 1. The number of aliphatic imine (C=N–C) groups is 1. The number of hydrogen-bond donors (Lipinski definition) is 2. The first-order valence-corrected chi connectivity index (χ1v) is 9.75. The van der Waals surface area contributed by atoms with Crippen LogP contribution in [0.2, 0.25) is 0 Å². The topological polar surface area (TPSA) is 53.6 Å². The average molecular weight is 476 g/mol. The van der Waals surface area contributed by atoms with Crippen LogP contribution in [0.15, 0.2) is 47.5 Å². The van der Waals surface area contributed by atoms with Crippen LogP contribution in [-0.2, 0) is 25.9 Å². The fraction of sp³-hybridized carbons (Fsp3) is 0.409. The Hall–Kier alpha value is -1.60. The van der Waals surface area contributed by atoms with Crippen LogP contribution >= 0.6 is 24.0 Å². The lowest BCUT2D eigenvalue weighted by atomic mass is 10.1. The third-order valence-corrected chi connectivity index (χ3v) is 5.40. The molecule has 1 aliphatic heterocycles. The van der Waals surface area contributed by atoms with Crippen LogP contribution in [0.5, 0.6) is 0 Å². The Kier molecular flexibility index (Phi) is 7.13. The Labute approximate surface area is 179 Å². The summed E-state index contributed by atoms with van der Waals surface area (Å²) >= 11 is 0. The van der Waals surface area contributed by atoms with Gasteiger partial charge in [-0.1, -0.05) is 30.3 Å². The number of fused-ring (bicyclic) bond motifs is 1. The maximum atomic E-state index is 6.10. The lowest BCUT2D eigenvalue weighted by Crippen LogP contribution is -2.22. The molecule has 144 valence electrons. The molecule has 5 heteroatoms. The van der Waals surface area contributed by atoms with E-state index in [0.29, 0.717) is 12.5 Å². The van der Waals surface area contributed by atoms with Crippen LogP contribution in [0.25, 0.3) is 0 Å².